The monoisotopic (exact) mass is 253 g/mol. The Morgan fingerprint density at radius 2 is 1.67 bits per heavy atom. The van der Waals surface area contributed by atoms with E-state index < -0.39 is 0 Å². The summed E-state index contributed by atoms with van der Waals surface area (Å²) in [7, 11) is 2.16. The summed E-state index contributed by atoms with van der Waals surface area (Å²) in [6.07, 6.45) is 15.8. The van der Waals surface area contributed by atoms with Gasteiger partial charge in [0, 0.05) is 6.04 Å². The summed E-state index contributed by atoms with van der Waals surface area (Å²) in [5.74, 6) is 1.90. The Balaban J connectivity index is 2.05. The summed E-state index contributed by atoms with van der Waals surface area (Å²) < 4.78 is 0. The summed E-state index contributed by atoms with van der Waals surface area (Å²) >= 11 is 0. The van der Waals surface area contributed by atoms with Gasteiger partial charge in [0.2, 0.25) is 0 Å². The molecule has 1 heteroatoms. The van der Waals surface area contributed by atoms with Gasteiger partial charge >= 0.3 is 0 Å². The molecule has 0 saturated heterocycles. The van der Waals surface area contributed by atoms with Gasteiger partial charge in [-0.25, -0.2) is 0 Å². The highest BCUT2D eigenvalue weighted by molar-refractivity contribution is 4.84. The Hall–Kier alpha value is -0.0400. The third kappa shape index (κ3) is 5.73. The van der Waals surface area contributed by atoms with Crippen molar-refractivity contribution in [3.05, 3.63) is 0 Å². The molecule has 1 aliphatic rings. The molecule has 18 heavy (non-hydrogen) atoms. The minimum Gasteiger partial charge on any atom is -0.317 e. The van der Waals surface area contributed by atoms with Crippen molar-refractivity contribution < 1.29 is 0 Å². The van der Waals surface area contributed by atoms with Crippen LogP contribution in [0.5, 0.6) is 0 Å². The zero-order valence-corrected chi connectivity index (χ0v) is 13.0. The smallest absolute Gasteiger partial charge is 0.00948 e. The molecular weight excluding hydrogens is 218 g/mol. The molecule has 0 aromatic carbocycles. The standard InChI is InChI=1S/C17H35N/c1-4-5-6-7-8-9-10-14-17(18-3)16-13-11-12-15(16)2/h15-18H,4-14H2,1-3H3. The summed E-state index contributed by atoms with van der Waals surface area (Å²) in [5, 5.41) is 3.59. The molecule has 0 radical (unpaired) electrons. The number of rotatable bonds is 10. The van der Waals surface area contributed by atoms with Gasteiger partial charge < -0.3 is 5.32 Å². The molecule has 1 fully saturated rings. The maximum atomic E-state index is 3.59. The zero-order valence-electron chi connectivity index (χ0n) is 13.0. The molecule has 1 rings (SSSR count). The third-order valence-corrected chi connectivity index (χ3v) is 4.93. The molecule has 0 bridgehead atoms. The van der Waals surface area contributed by atoms with Crippen molar-refractivity contribution in [2.24, 2.45) is 11.8 Å². The Morgan fingerprint density at radius 3 is 2.22 bits per heavy atom. The van der Waals surface area contributed by atoms with Crippen molar-refractivity contribution in [2.45, 2.75) is 90.5 Å². The van der Waals surface area contributed by atoms with E-state index in [1.807, 2.05) is 0 Å². The van der Waals surface area contributed by atoms with Gasteiger partial charge in [0.05, 0.1) is 0 Å². The maximum Gasteiger partial charge on any atom is 0.00948 e. The van der Waals surface area contributed by atoms with E-state index in [0.717, 1.165) is 17.9 Å². The lowest BCUT2D eigenvalue weighted by molar-refractivity contribution is 0.290. The number of hydrogen-bond donors (Lipinski definition) is 1. The molecule has 0 aliphatic heterocycles. The summed E-state index contributed by atoms with van der Waals surface area (Å²) in [5.41, 5.74) is 0. The summed E-state index contributed by atoms with van der Waals surface area (Å²) in [6.45, 7) is 4.74. The molecule has 0 aromatic rings. The minimum atomic E-state index is 0.790. The fraction of sp³-hybridized carbons (Fsp3) is 1.00. The second kappa shape index (κ2) is 9.83. The van der Waals surface area contributed by atoms with Crippen molar-refractivity contribution >= 4 is 0 Å². The van der Waals surface area contributed by atoms with Crippen molar-refractivity contribution in [3.63, 3.8) is 0 Å². The second-order valence-electron chi connectivity index (χ2n) is 6.38. The highest BCUT2D eigenvalue weighted by Crippen LogP contribution is 2.35. The van der Waals surface area contributed by atoms with Gasteiger partial charge in [0.25, 0.3) is 0 Å². The molecule has 0 heterocycles. The van der Waals surface area contributed by atoms with E-state index in [2.05, 4.69) is 26.2 Å². The van der Waals surface area contributed by atoms with Crippen LogP contribution in [0, 0.1) is 11.8 Å². The molecule has 3 atom stereocenters. The minimum absolute atomic E-state index is 0.790. The molecule has 108 valence electrons. The first kappa shape index (κ1) is 16.0. The van der Waals surface area contributed by atoms with Crippen LogP contribution in [-0.4, -0.2) is 13.1 Å². The lowest BCUT2D eigenvalue weighted by Crippen LogP contribution is -2.34. The van der Waals surface area contributed by atoms with Gasteiger partial charge in [-0.15, -0.1) is 0 Å². The molecule has 1 N–H and O–H groups in total. The molecule has 0 amide bonds. The summed E-state index contributed by atoms with van der Waals surface area (Å²) in [4.78, 5) is 0. The van der Waals surface area contributed by atoms with Crippen LogP contribution in [0.4, 0.5) is 0 Å². The second-order valence-corrected chi connectivity index (χ2v) is 6.38. The van der Waals surface area contributed by atoms with E-state index in [1.165, 1.54) is 70.6 Å². The van der Waals surface area contributed by atoms with Crippen LogP contribution in [0.1, 0.15) is 84.5 Å². The predicted molar refractivity (Wildman–Crippen MR) is 82.0 cm³/mol. The number of unbranched alkanes of at least 4 members (excludes halogenated alkanes) is 6. The molecule has 3 unspecified atom stereocenters. The van der Waals surface area contributed by atoms with E-state index in [0.29, 0.717) is 0 Å². The van der Waals surface area contributed by atoms with E-state index in [4.69, 9.17) is 0 Å². The van der Waals surface area contributed by atoms with Crippen LogP contribution >= 0.6 is 0 Å². The van der Waals surface area contributed by atoms with Crippen LogP contribution < -0.4 is 5.32 Å². The normalized spacial score (nSPS) is 25.5. The number of hydrogen-bond acceptors (Lipinski definition) is 1. The van der Waals surface area contributed by atoms with Gasteiger partial charge in [-0.05, 0) is 31.7 Å². The molecule has 0 spiro atoms. The summed E-state index contributed by atoms with van der Waals surface area (Å²) in [6, 6.07) is 0.790. The zero-order chi connectivity index (χ0) is 13.2. The largest absolute Gasteiger partial charge is 0.317 e. The van der Waals surface area contributed by atoms with Gasteiger partial charge in [0.1, 0.15) is 0 Å². The molecule has 1 aliphatic carbocycles. The van der Waals surface area contributed by atoms with Gasteiger partial charge in [0.15, 0.2) is 0 Å². The Kier molecular flexibility index (Phi) is 8.75. The average molecular weight is 253 g/mol. The predicted octanol–water partition coefficient (Wildman–Crippen LogP) is 5.15. The highest BCUT2D eigenvalue weighted by Gasteiger charge is 2.29. The fourth-order valence-corrected chi connectivity index (χ4v) is 3.67. The number of nitrogens with one attached hydrogen (secondary N) is 1. The van der Waals surface area contributed by atoms with Crippen LogP contribution in [0.25, 0.3) is 0 Å². The molecule has 1 nitrogen and oxygen atoms in total. The Bertz CT molecular complexity index is 190. The SMILES string of the molecule is CCCCCCCCCC(NC)C1CCCC1C. The first-order valence-corrected chi connectivity index (χ1v) is 8.46. The van der Waals surface area contributed by atoms with E-state index in [-0.39, 0.29) is 0 Å². The quantitative estimate of drug-likeness (QED) is 0.531. The lowest BCUT2D eigenvalue weighted by Gasteiger charge is -2.26. The topological polar surface area (TPSA) is 12.0 Å². The van der Waals surface area contributed by atoms with E-state index in [9.17, 15) is 0 Å². The first-order valence-electron chi connectivity index (χ1n) is 8.46. The van der Waals surface area contributed by atoms with Crippen molar-refractivity contribution in [1.29, 1.82) is 0 Å². The van der Waals surface area contributed by atoms with E-state index >= 15 is 0 Å². The molecule has 1 saturated carbocycles. The highest BCUT2D eigenvalue weighted by atomic mass is 14.9. The van der Waals surface area contributed by atoms with E-state index in [1.54, 1.807) is 0 Å². The Labute approximate surface area is 115 Å². The van der Waals surface area contributed by atoms with Crippen LogP contribution in [0.2, 0.25) is 0 Å². The van der Waals surface area contributed by atoms with Gasteiger partial charge in [-0.2, -0.15) is 0 Å². The maximum absolute atomic E-state index is 3.59. The van der Waals surface area contributed by atoms with Gasteiger partial charge in [-0.1, -0.05) is 71.6 Å². The first-order chi connectivity index (χ1) is 8.79. The van der Waals surface area contributed by atoms with Crippen molar-refractivity contribution in [1.82, 2.24) is 5.32 Å². The lowest BCUT2D eigenvalue weighted by atomic mass is 9.87. The van der Waals surface area contributed by atoms with Crippen molar-refractivity contribution in [2.75, 3.05) is 7.05 Å². The average Bonchev–Trinajstić information content (AvgIpc) is 2.79. The third-order valence-electron chi connectivity index (χ3n) is 4.93. The fourth-order valence-electron chi connectivity index (χ4n) is 3.67. The molecule has 0 aromatic heterocycles. The molecular formula is C17H35N. The Morgan fingerprint density at radius 1 is 1.00 bits per heavy atom. The van der Waals surface area contributed by atoms with Gasteiger partial charge in [-0.3, -0.25) is 0 Å². The van der Waals surface area contributed by atoms with Crippen LogP contribution in [-0.2, 0) is 0 Å². The van der Waals surface area contributed by atoms with Crippen LogP contribution in [0.15, 0.2) is 0 Å². The van der Waals surface area contributed by atoms with Crippen LogP contribution in [0.3, 0.4) is 0 Å². The van der Waals surface area contributed by atoms with Crippen molar-refractivity contribution in [3.8, 4) is 0 Å².